The smallest absolute Gasteiger partial charge is 0.223 e. The molecule has 2 aromatic rings. The molecule has 128 valence electrons. The Labute approximate surface area is 147 Å². The molecule has 2 amide bonds. The molecule has 2 rings (SSSR count). The number of amides is 2. The number of rotatable bonds is 6. The summed E-state index contributed by atoms with van der Waals surface area (Å²) in [5.41, 5.74) is 3.30. The SMILES string of the molecule is CC(=O)N(CCC(=O)NCc1ccccc1C)c1cccc(C#N)c1. The van der Waals surface area contributed by atoms with Gasteiger partial charge in [-0.2, -0.15) is 5.26 Å². The maximum atomic E-state index is 12.1. The summed E-state index contributed by atoms with van der Waals surface area (Å²) in [5.74, 6) is -0.285. The predicted molar refractivity (Wildman–Crippen MR) is 96.8 cm³/mol. The molecule has 0 saturated carbocycles. The summed E-state index contributed by atoms with van der Waals surface area (Å²) in [6.07, 6.45) is 0.197. The van der Waals surface area contributed by atoms with E-state index in [-0.39, 0.29) is 24.8 Å². The minimum atomic E-state index is -0.165. The molecule has 0 atom stereocenters. The average Bonchev–Trinajstić information content (AvgIpc) is 2.61. The first kappa shape index (κ1) is 18.2. The van der Waals surface area contributed by atoms with Gasteiger partial charge in [0.15, 0.2) is 0 Å². The lowest BCUT2D eigenvalue weighted by molar-refractivity contribution is -0.121. The Morgan fingerprint density at radius 1 is 1.16 bits per heavy atom. The lowest BCUT2D eigenvalue weighted by atomic mass is 10.1. The van der Waals surface area contributed by atoms with Gasteiger partial charge >= 0.3 is 0 Å². The number of hydrogen-bond donors (Lipinski definition) is 1. The van der Waals surface area contributed by atoms with Crippen LogP contribution in [0.3, 0.4) is 0 Å². The largest absolute Gasteiger partial charge is 0.352 e. The third-order valence-corrected chi connectivity index (χ3v) is 3.97. The normalized spacial score (nSPS) is 9.96. The van der Waals surface area contributed by atoms with E-state index in [9.17, 15) is 9.59 Å². The highest BCUT2D eigenvalue weighted by molar-refractivity contribution is 5.92. The topological polar surface area (TPSA) is 73.2 Å². The van der Waals surface area contributed by atoms with Crippen LogP contribution in [0.25, 0.3) is 0 Å². The van der Waals surface area contributed by atoms with E-state index < -0.39 is 0 Å². The minimum Gasteiger partial charge on any atom is -0.352 e. The molecule has 0 unspecified atom stereocenters. The van der Waals surface area contributed by atoms with Gasteiger partial charge in [0.2, 0.25) is 11.8 Å². The molecule has 0 aliphatic heterocycles. The Morgan fingerprint density at radius 2 is 1.92 bits per heavy atom. The van der Waals surface area contributed by atoms with Crippen molar-refractivity contribution in [2.75, 3.05) is 11.4 Å². The van der Waals surface area contributed by atoms with Crippen LogP contribution < -0.4 is 10.2 Å². The van der Waals surface area contributed by atoms with Crippen molar-refractivity contribution in [3.05, 3.63) is 65.2 Å². The maximum Gasteiger partial charge on any atom is 0.223 e. The highest BCUT2D eigenvalue weighted by Crippen LogP contribution is 2.16. The van der Waals surface area contributed by atoms with Crippen LogP contribution in [-0.2, 0) is 16.1 Å². The first-order chi connectivity index (χ1) is 12.0. The lowest BCUT2D eigenvalue weighted by Gasteiger charge is -2.21. The summed E-state index contributed by atoms with van der Waals surface area (Å²) in [6.45, 7) is 4.19. The van der Waals surface area contributed by atoms with E-state index in [4.69, 9.17) is 5.26 Å². The number of nitrogens with one attached hydrogen (secondary N) is 1. The summed E-state index contributed by atoms with van der Waals surface area (Å²) in [6, 6.07) is 16.7. The van der Waals surface area contributed by atoms with Crippen LogP contribution in [0.15, 0.2) is 48.5 Å². The predicted octanol–water partition coefficient (Wildman–Crippen LogP) is 2.93. The number of aryl methyl sites for hydroxylation is 1. The Hall–Kier alpha value is -3.13. The Morgan fingerprint density at radius 3 is 2.60 bits per heavy atom. The molecule has 0 fully saturated rings. The standard InChI is InChI=1S/C20H21N3O2/c1-15-6-3-4-8-18(15)14-22-20(25)10-11-23(16(2)24)19-9-5-7-17(12-19)13-21/h3-9,12H,10-11,14H2,1-2H3,(H,22,25). The highest BCUT2D eigenvalue weighted by Gasteiger charge is 2.14. The van der Waals surface area contributed by atoms with Crippen LogP contribution in [0.1, 0.15) is 30.0 Å². The van der Waals surface area contributed by atoms with Crippen molar-refractivity contribution >= 4 is 17.5 Å². The van der Waals surface area contributed by atoms with Gasteiger partial charge in [-0.25, -0.2) is 0 Å². The molecule has 0 spiro atoms. The molecule has 0 aliphatic rings. The quantitative estimate of drug-likeness (QED) is 0.882. The summed E-state index contributed by atoms with van der Waals surface area (Å²) in [7, 11) is 0. The molecule has 0 heterocycles. The molecule has 5 nitrogen and oxygen atoms in total. The van der Waals surface area contributed by atoms with Crippen molar-refractivity contribution in [3.8, 4) is 6.07 Å². The Bertz CT molecular complexity index is 809. The van der Waals surface area contributed by atoms with E-state index in [1.165, 1.54) is 11.8 Å². The first-order valence-corrected chi connectivity index (χ1v) is 8.10. The fourth-order valence-corrected chi connectivity index (χ4v) is 2.52. The average molecular weight is 335 g/mol. The van der Waals surface area contributed by atoms with E-state index in [1.807, 2.05) is 31.2 Å². The molecule has 0 saturated heterocycles. The van der Waals surface area contributed by atoms with Gasteiger partial charge in [-0.1, -0.05) is 30.3 Å². The van der Waals surface area contributed by atoms with Crippen LogP contribution in [0.2, 0.25) is 0 Å². The van der Waals surface area contributed by atoms with Gasteiger partial charge in [0.1, 0.15) is 0 Å². The summed E-state index contributed by atoms with van der Waals surface area (Å²) in [4.78, 5) is 25.5. The lowest BCUT2D eigenvalue weighted by Crippen LogP contribution is -2.33. The number of carbonyl (C=O) groups is 2. The molecule has 0 radical (unpaired) electrons. The van der Waals surface area contributed by atoms with Crippen LogP contribution in [0.4, 0.5) is 5.69 Å². The second-order valence-electron chi connectivity index (χ2n) is 5.79. The monoisotopic (exact) mass is 335 g/mol. The number of benzene rings is 2. The molecule has 0 aromatic heterocycles. The van der Waals surface area contributed by atoms with E-state index in [0.717, 1.165) is 11.1 Å². The highest BCUT2D eigenvalue weighted by atomic mass is 16.2. The van der Waals surface area contributed by atoms with Crippen molar-refractivity contribution in [3.63, 3.8) is 0 Å². The third-order valence-electron chi connectivity index (χ3n) is 3.97. The fraction of sp³-hybridized carbons (Fsp3) is 0.250. The van der Waals surface area contributed by atoms with Crippen LogP contribution >= 0.6 is 0 Å². The van der Waals surface area contributed by atoms with Gasteiger partial charge in [-0.15, -0.1) is 0 Å². The van der Waals surface area contributed by atoms with Gasteiger partial charge in [-0.05, 0) is 36.2 Å². The van der Waals surface area contributed by atoms with Gasteiger partial charge in [-0.3, -0.25) is 9.59 Å². The van der Waals surface area contributed by atoms with Crippen molar-refractivity contribution in [2.45, 2.75) is 26.8 Å². The second kappa shape index (κ2) is 8.65. The molecule has 1 N–H and O–H groups in total. The number of carbonyl (C=O) groups excluding carboxylic acids is 2. The molecule has 0 aliphatic carbocycles. The molecule has 5 heteroatoms. The molecular formula is C20H21N3O2. The van der Waals surface area contributed by atoms with Crippen LogP contribution in [-0.4, -0.2) is 18.4 Å². The zero-order chi connectivity index (χ0) is 18.2. The molecular weight excluding hydrogens is 314 g/mol. The van der Waals surface area contributed by atoms with Crippen LogP contribution in [0, 0.1) is 18.3 Å². The maximum absolute atomic E-state index is 12.1. The summed E-state index contributed by atoms with van der Waals surface area (Å²) < 4.78 is 0. The molecule has 2 aromatic carbocycles. The number of hydrogen-bond acceptors (Lipinski definition) is 3. The van der Waals surface area contributed by atoms with Gasteiger partial charge in [0, 0.05) is 32.1 Å². The van der Waals surface area contributed by atoms with E-state index in [1.54, 1.807) is 24.3 Å². The minimum absolute atomic E-state index is 0.119. The van der Waals surface area contributed by atoms with Crippen molar-refractivity contribution in [1.82, 2.24) is 5.32 Å². The van der Waals surface area contributed by atoms with E-state index >= 15 is 0 Å². The summed E-state index contributed by atoms with van der Waals surface area (Å²) in [5, 5.41) is 11.9. The zero-order valence-corrected chi connectivity index (χ0v) is 14.5. The van der Waals surface area contributed by atoms with Gasteiger partial charge in [0.05, 0.1) is 11.6 Å². The fourth-order valence-electron chi connectivity index (χ4n) is 2.52. The van der Waals surface area contributed by atoms with E-state index in [2.05, 4.69) is 11.4 Å². The van der Waals surface area contributed by atoms with Crippen LogP contribution in [0.5, 0.6) is 0 Å². The zero-order valence-electron chi connectivity index (χ0n) is 14.5. The van der Waals surface area contributed by atoms with Crippen molar-refractivity contribution in [2.24, 2.45) is 0 Å². The number of anilines is 1. The summed E-state index contributed by atoms with van der Waals surface area (Å²) >= 11 is 0. The number of nitrogens with zero attached hydrogens (tertiary/aromatic N) is 2. The van der Waals surface area contributed by atoms with E-state index in [0.29, 0.717) is 17.8 Å². The van der Waals surface area contributed by atoms with Gasteiger partial charge < -0.3 is 10.2 Å². The second-order valence-corrected chi connectivity index (χ2v) is 5.79. The Balaban J connectivity index is 1.94. The number of nitriles is 1. The third kappa shape index (κ3) is 5.18. The molecule has 25 heavy (non-hydrogen) atoms. The Kier molecular flexibility index (Phi) is 6.30. The molecule has 0 bridgehead atoms. The van der Waals surface area contributed by atoms with Crippen molar-refractivity contribution < 1.29 is 9.59 Å². The first-order valence-electron chi connectivity index (χ1n) is 8.10. The van der Waals surface area contributed by atoms with Crippen molar-refractivity contribution in [1.29, 1.82) is 5.26 Å². The van der Waals surface area contributed by atoms with Gasteiger partial charge in [0.25, 0.3) is 0 Å².